The fourth-order valence-electron chi connectivity index (χ4n) is 4.12. The molecule has 1 fully saturated rings. The van der Waals surface area contributed by atoms with E-state index in [2.05, 4.69) is 15.2 Å². The van der Waals surface area contributed by atoms with Crippen molar-refractivity contribution in [3.8, 4) is 17.1 Å². The van der Waals surface area contributed by atoms with E-state index in [9.17, 15) is 13.2 Å². The lowest BCUT2D eigenvalue weighted by molar-refractivity contribution is -0.131. The second-order valence-electron chi connectivity index (χ2n) is 8.11. The van der Waals surface area contributed by atoms with Crippen LogP contribution in [0.3, 0.4) is 0 Å². The first-order valence-corrected chi connectivity index (χ1v) is 13.6. The van der Waals surface area contributed by atoms with Gasteiger partial charge in [-0.2, -0.15) is 0 Å². The van der Waals surface area contributed by atoms with E-state index in [1.165, 1.54) is 11.8 Å². The van der Waals surface area contributed by atoms with Crippen molar-refractivity contribution in [1.29, 1.82) is 0 Å². The predicted molar refractivity (Wildman–Crippen MR) is 129 cm³/mol. The Labute approximate surface area is 198 Å². The molecule has 0 bridgehead atoms. The number of hydrogen-bond acceptors (Lipinski definition) is 7. The molecule has 0 radical (unpaired) electrons. The van der Waals surface area contributed by atoms with Gasteiger partial charge in [-0.3, -0.25) is 14.3 Å². The summed E-state index contributed by atoms with van der Waals surface area (Å²) in [5.41, 5.74) is 2.80. The molecule has 1 aliphatic rings. The van der Waals surface area contributed by atoms with Crippen LogP contribution in [0.2, 0.25) is 0 Å². The van der Waals surface area contributed by atoms with Crippen LogP contribution >= 0.6 is 11.8 Å². The van der Waals surface area contributed by atoms with Gasteiger partial charge in [-0.1, -0.05) is 30.0 Å². The van der Waals surface area contributed by atoms with E-state index in [-0.39, 0.29) is 23.5 Å². The highest BCUT2D eigenvalue weighted by molar-refractivity contribution is 8.00. The first kappa shape index (κ1) is 23.4. The zero-order chi connectivity index (χ0) is 23.6. The van der Waals surface area contributed by atoms with Crippen molar-refractivity contribution >= 4 is 27.5 Å². The molecule has 8 nitrogen and oxygen atoms in total. The first-order valence-electron chi connectivity index (χ1n) is 10.9. The van der Waals surface area contributed by atoms with Crippen molar-refractivity contribution in [3.63, 3.8) is 0 Å². The van der Waals surface area contributed by atoms with Gasteiger partial charge in [-0.05, 0) is 51.0 Å². The van der Waals surface area contributed by atoms with Crippen LogP contribution in [0, 0.1) is 6.92 Å². The molecule has 1 amide bonds. The van der Waals surface area contributed by atoms with Crippen molar-refractivity contribution in [1.82, 2.24) is 24.6 Å². The number of hydrogen-bond donors (Lipinski definition) is 0. The Kier molecular flexibility index (Phi) is 6.85. The number of carbonyl (C=O) groups excluding carboxylic acids is 1. The number of nitrogens with zero attached hydrogens (tertiary/aromatic N) is 5. The Hall–Kier alpha value is -2.72. The van der Waals surface area contributed by atoms with Gasteiger partial charge in [0.15, 0.2) is 20.8 Å². The molecule has 1 aliphatic heterocycles. The van der Waals surface area contributed by atoms with Crippen molar-refractivity contribution in [2.24, 2.45) is 0 Å². The number of aryl methyl sites for hydroxylation is 1. The van der Waals surface area contributed by atoms with E-state index in [4.69, 9.17) is 0 Å². The molecule has 0 aliphatic carbocycles. The summed E-state index contributed by atoms with van der Waals surface area (Å²) in [4.78, 5) is 19.2. The second kappa shape index (κ2) is 9.64. The van der Waals surface area contributed by atoms with E-state index >= 15 is 0 Å². The average Bonchev–Trinajstić information content (AvgIpc) is 3.38. The van der Waals surface area contributed by atoms with Crippen LogP contribution in [-0.4, -0.2) is 68.3 Å². The van der Waals surface area contributed by atoms with Crippen LogP contribution in [0.4, 0.5) is 0 Å². The van der Waals surface area contributed by atoms with Gasteiger partial charge in [0.05, 0.1) is 22.4 Å². The molecule has 33 heavy (non-hydrogen) atoms. The lowest BCUT2D eigenvalue weighted by Gasteiger charge is -2.29. The lowest BCUT2D eigenvalue weighted by atomic mass is 10.2. The third kappa shape index (κ3) is 4.96. The van der Waals surface area contributed by atoms with Crippen LogP contribution < -0.4 is 0 Å². The maximum atomic E-state index is 13.3. The summed E-state index contributed by atoms with van der Waals surface area (Å²) in [7, 11) is -3.08. The molecule has 0 unspecified atom stereocenters. The van der Waals surface area contributed by atoms with Gasteiger partial charge in [0.1, 0.15) is 0 Å². The summed E-state index contributed by atoms with van der Waals surface area (Å²) >= 11 is 1.33. The zero-order valence-corrected chi connectivity index (χ0v) is 20.5. The maximum Gasteiger partial charge on any atom is 0.236 e. The standard InChI is InChI=1S/C23H27N5O3S2/c1-4-27(19-11-13-33(30,31)15-19)22(29)17(3)32-23-26-25-21(18-9-7-12-24-14-18)28(23)20-10-6-5-8-16(20)2/h5-10,12,14,17,19H,4,11,13,15H2,1-3H3/t17-,19-/m0/s1. The molecule has 2 atom stereocenters. The zero-order valence-electron chi connectivity index (χ0n) is 18.9. The number of rotatable bonds is 7. The van der Waals surface area contributed by atoms with Crippen LogP contribution in [-0.2, 0) is 14.6 Å². The third-order valence-electron chi connectivity index (χ3n) is 5.81. The van der Waals surface area contributed by atoms with Crippen LogP contribution in [0.15, 0.2) is 53.9 Å². The van der Waals surface area contributed by atoms with Gasteiger partial charge in [0.2, 0.25) is 5.91 Å². The van der Waals surface area contributed by atoms with E-state index in [0.717, 1.165) is 16.8 Å². The Balaban J connectivity index is 1.66. The minimum Gasteiger partial charge on any atom is -0.338 e. The average molecular weight is 486 g/mol. The van der Waals surface area contributed by atoms with Crippen LogP contribution in [0.5, 0.6) is 0 Å². The summed E-state index contributed by atoms with van der Waals surface area (Å²) < 4.78 is 25.8. The number of carbonyl (C=O) groups is 1. The van der Waals surface area contributed by atoms with E-state index in [1.54, 1.807) is 17.3 Å². The summed E-state index contributed by atoms with van der Waals surface area (Å²) in [5, 5.41) is 8.99. The fraction of sp³-hybridized carbons (Fsp3) is 0.391. The summed E-state index contributed by atoms with van der Waals surface area (Å²) in [6.45, 7) is 6.20. The Morgan fingerprint density at radius 1 is 1.24 bits per heavy atom. The molecular weight excluding hydrogens is 458 g/mol. The predicted octanol–water partition coefficient (Wildman–Crippen LogP) is 3.15. The molecular formula is C23H27N5O3S2. The number of pyridine rings is 1. The summed E-state index contributed by atoms with van der Waals surface area (Å²) in [5.74, 6) is 0.730. The quantitative estimate of drug-likeness (QED) is 0.474. The molecule has 0 saturated carbocycles. The fourth-order valence-corrected chi connectivity index (χ4v) is 6.78. The van der Waals surface area contributed by atoms with Crippen molar-refractivity contribution < 1.29 is 13.2 Å². The molecule has 1 saturated heterocycles. The van der Waals surface area contributed by atoms with E-state index in [0.29, 0.717) is 23.9 Å². The number of aromatic nitrogens is 4. The van der Waals surface area contributed by atoms with Crippen molar-refractivity contribution in [3.05, 3.63) is 54.4 Å². The maximum absolute atomic E-state index is 13.3. The van der Waals surface area contributed by atoms with Gasteiger partial charge < -0.3 is 4.90 Å². The van der Waals surface area contributed by atoms with Gasteiger partial charge in [-0.25, -0.2) is 8.42 Å². The molecule has 0 spiro atoms. The van der Waals surface area contributed by atoms with Gasteiger partial charge in [-0.15, -0.1) is 10.2 Å². The first-order chi connectivity index (χ1) is 15.8. The van der Waals surface area contributed by atoms with Crippen LogP contribution in [0.1, 0.15) is 25.8 Å². The van der Waals surface area contributed by atoms with Crippen LogP contribution in [0.25, 0.3) is 17.1 Å². The van der Waals surface area contributed by atoms with Crippen molar-refractivity contribution in [2.45, 2.75) is 43.6 Å². The highest BCUT2D eigenvalue weighted by Gasteiger charge is 2.36. The minimum atomic E-state index is -3.08. The highest BCUT2D eigenvalue weighted by atomic mass is 32.2. The summed E-state index contributed by atoms with van der Waals surface area (Å²) in [6.07, 6.45) is 3.93. The van der Waals surface area contributed by atoms with Gasteiger partial charge >= 0.3 is 0 Å². The Morgan fingerprint density at radius 2 is 2.03 bits per heavy atom. The SMILES string of the molecule is CCN(C(=O)[C@H](C)Sc1nnc(-c2cccnc2)n1-c1ccccc1C)[C@H]1CCS(=O)(=O)C1. The molecule has 0 N–H and O–H groups in total. The monoisotopic (exact) mass is 485 g/mol. The van der Waals surface area contributed by atoms with E-state index in [1.807, 2.05) is 61.7 Å². The van der Waals surface area contributed by atoms with Gasteiger partial charge in [0.25, 0.3) is 0 Å². The number of para-hydroxylation sites is 1. The number of thioether (sulfide) groups is 1. The molecule has 3 heterocycles. The summed E-state index contributed by atoms with van der Waals surface area (Å²) in [6, 6.07) is 11.4. The smallest absolute Gasteiger partial charge is 0.236 e. The Morgan fingerprint density at radius 3 is 2.67 bits per heavy atom. The third-order valence-corrected chi connectivity index (χ3v) is 8.59. The van der Waals surface area contributed by atoms with Gasteiger partial charge in [0, 0.05) is 30.5 Å². The highest BCUT2D eigenvalue weighted by Crippen LogP contribution is 2.32. The topological polar surface area (TPSA) is 98.1 Å². The molecule has 4 rings (SSSR count). The minimum absolute atomic E-state index is 0.0362. The van der Waals surface area contributed by atoms with E-state index < -0.39 is 15.1 Å². The second-order valence-corrected chi connectivity index (χ2v) is 11.6. The molecule has 2 aromatic heterocycles. The number of benzene rings is 1. The molecule has 10 heteroatoms. The largest absolute Gasteiger partial charge is 0.338 e. The molecule has 1 aromatic carbocycles. The lowest BCUT2D eigenvalue weighted by Crippen LogP contribution is -2.44. The molecule has 174 valence electrons. The van der Waals surface area contributed by atoms with Crippen molar-refractivity contribution in [2.75, 3.05) is 18.1 Å². The molecule has 3 aromatic rings. The Bertz CT molecular complexity index is 1240. The number of sulfone groups is 1. The number of amides is 1. The normalized spacial score (nSPS) is 18.2.